The fraction of sp³-hybridized carbons (Fsp3) is 0. The Morgan fingerprint density at radius 2 is 1.10 bits per heavy atom. The minimum Gasteiger partial charge on any atom is -0.149 e. The van der Waals surface area contributed by atoms with E-state index < -0.39 is 7.38 Å². The summed E-state index contributed by atoms with van der Waals surface area (Å²) in [5, 5.41) is 3.60. The summed E-state index contributed by atoms with van der Waals surface area (Å²) in [5.74, 6) is 0. The minimum absolute atomic E-state index is 1.06. The fourth-order valence-corrected chi connectivity index (χ4v) is 7.24. The van der Waals surface area contributed by atoms with Crippen molar-refractivity contribution in [3.8, 4) is 0 Å². The van der Waals surface area contributed by atoms with Gasteiger partial charge in [-0.3, -0.25) is 0 Å². The second-order valence-corrected chi connectivity index (χ2v) is 10.6. The average molecular weight is 374 g/mol. The van der Waals surface area contributed by atoms with Crippen molar-refractivity contribution in [2.45, 2.75) is 0 Å². The van der Waals surface area contributed by atoms with E-state index in [1.807, 2.05) is 18.2 Å². The molecule has 0 N–H and O–H groups in total. The van der Waals surface area contributed by atoms with Crippen LogP contribution in [-0.4, -0.2) is 7.38 Å². The monoisotopic (exact) mass is 372 g/mol. The van der Waals surface area contributed by atoms with Crippen LogP contribution < -0.4 is 15.6 Å². The molecule has 0 bridgehead atoms. The van der Waals surface area contributed by atoms with Crippen LogP contribution in [0.15, 0.2) is 89.4 Å². The van der Waals surface area contributed by atoms with Gasteiger partial charge in [-0.1, -0.05) is 88.7 Å². The third kappa shape index (κ3) is 2.84. The van der Waals surface area contributed by atoms with E-state index in [0.717, 1.165) is 4.47 Å². The largest absolute Gasteiger partial charge is 0.247 e. The molecule has 0 aliphatic carbocycles. The fourth-order valence-electron chi connectivity index (χ4n) is 2.54. The van der Waals surface area contributed by atoms with Crippen LogP contribution in [0.5, 0.6) is 0 Å². The Kier molecular flexibility index (Phi) is 4.29. The molecule has 0 unspecified atom stereocenters. The Hall–Kier alpha value is -1.35. The van der Waals surface area contributed by atoms with Gasteiger partial charge in [0, 0.05) is 4.47 Å². The second kappa shape index (κ2) is 6.18. The molecule has 104 valence electrons. The summed E-state index contributed by atoms with van der Waals surface area (Å²) in [6.07, 6.45) is 0. The van der Waals surface area contributed by atoms with Gasteiger partial charge < -0.3 is 0 Å². The highest BCUT2D eigenvalue weighted by Gasteiger charge is 2.37. The zero-order chi connectivity index (χ0) is 14.7. The van der Waals surface area contributed by atoms with Crippen LogP contribution in [0.25, 0.3) is 0 Å². The number of halogens is 2. The zero-order valence-corrected chi connectivity index (χ0v) is 14.7. The third-order valence-corrected chi connectivity index (χ3v) is 9.39. The molecule has 0 spiro atoms. The Bertz CT molecular complexity index is 689. The molecule has 3 rings (SSSR count). The summed E-state index contributed by atoms with van der Waals surface area (Å²) in [6.45, 7) is 0. The first-order valence-electron chi connectivity index (χ1n) is 6.77. The third-order valence-electron chi connectivity index (χ3n) is 3.57. The molecule has 0 amide bonds. The van der Waals surface area contributed by atoms with Gasteiger partial charge in [0.25, 0.3) is 0 Å². The van der Waals surface area contributed by atoms with E-state index in [0.29, 0.717) is 0 Å². The van der Waals surface area contributed by atoms with Crippen molar-refractivity contribution in [3.05, 3.63) is 89.4 Å². The summed E-state index contributed by atoms with van der Waals surface area (Å²) < 4.78 is 1.06. The zero-order valence-electron chi connectivity index (χ0n) is 11.3. The number of rotatable bonds is 3. The Morgan fingerprint density at radius 3 is 1.57 bits per heavy atom. The van der Waals surface area contributed by atoms with Crippen LogP contribution in [0.3, 0.4) is 0 Å². The summed E-state index contributed by atoms with van der Waals surface area (Å²) in [5.41, 5.74) is 0. The maximum absolute atomic E-state index is 7.31. The van der Waals surface area contributed by atoms with E-state index in [9.17, 15) is 0 Å². The molecular weight excluding hydrogens is 360 g/mol. The lowest BCUT2D eigenvalue weighted by Crippen LogP contribution is -2.62. The minimum atomic E-state index is -2.47. The predicted octanol–water partition coefficient (Wildman–Crippen LogP) is 3.65. The lowest BCUT2D eigenvalue weighted by molar-refractivity contribution is 1.67. The lowest BCUT2D eigenvalue weighted by atomic mass is 10.3. The molecule has 0 atom stereocenters. The standard InChI is InChI=1S/C18H14BrClSi/c19-15-8-7-13-18(14-15)21(20,16-9-3-1-4-10-16)17-11-5-2-6-12-17/h1-14H. The maximum Gasteiger partial charge on any atom is 0.247 e. The molecule has 0 saturated carbocycles. The topological polar surface area (TPSA) is 0 Å². The smallest absolute Gasteiger partial charge is 0.149 e. The summed E-state index contributed by atoms with van der Waals surface area (Å²) in [4.78, 5) is 0. The van der Waals surface area contributed by atoms with E-state index in [1.54, 1.807) is 0 Å². The van der Waals surface area contributed by atoms with Gasteiger partial charge in [0.1, 0.15) is 0 Å². The Balaban J connectivity index is 2.25. The molecule has 0 saturated heterocycles. The van der Waals surface area contributed by atoms with Crippen molar-refractivity contribution in [2.24, 2.45) is 0 Å². The first-order valence-corrected chi connectivity index (χ1v) is 10.6. The number of hydrogen-bond acceptors (Lipinski definition) is 0. The van der Waals surface area contributed by atoms with E-state index >= 15 is 0 Å². The quantitative estimate of drug-likeness (QED) is 0.373. The highest BCUT2D eigenvalue weighted by atomic mass is 79.9. The van der Waals surface area contributed by atoms with E-state index in [-0.39, 0.29) is 0 Å². The predicted molar refractivity (Wildman–Crippen MR) is 97.5 cm³/mol. The molecule has 0 aliphatic rings. The van der Waals surface area contributed by atoms with E-state index in [2.05, 4.69) is 82.7 Å². The van der Waals surface area contributed by atoms with Crippen molar-refractivity contribution in [3.63, 3.8) is 0 Å². The average Bonchev–Trinajstić information content (AvgIpc) is 2.56. The normalized spacial score (nSPS) is 11.3. The van der Waals surface area contributed by atoms with Gasteiger partial charge in [0.2, 0.25) is 7.38 Å². The molecule has 21 heavy (non-hydrogen) atoms. The lowest BCUT2D eigenvalue weighted by Gasteiger charge is -2.26. The van der Waals surface area contributed by atoms with Crippen LogP contribution in [0.1, 0.15) is 0 Å². The van der Waals surface area contributed by atoms with Crippen molar-refractivity contribution in [1.82, 2.24) is 0 Å². The van der Waals surface area contributed by atoms with Gasteiger partial charge >= 0.3 is 0 Å². The van der Waals surface area contributed by atoms with Gasteiger partial charge in [-0.2, -0.15) is 0 Å². The SMILES string of the molecule is Cl[Si](c1ccccc1)(c1ccccc1)c1cccc(Br)c1. The Morgan fingerprint density at radius 1 is 0.619 bits per heavy atom. The molecule has 0 radical (unpaired) electrons. The summed E-state index contributed by atoms with van der Waals surface area (Å²) in [6, 6.07) is 29.2. The molecule has 3 aromatic rings. The molecule has 0 fully saturated rings. The van der Waals surface area contributed by atoms with Crippen molar-refractivity contribution in [1.29, 1.82) is 0 Å². The van der Waals surface area contributed by atoms with Gasteiger partial charge in [0.05, 0.1) is 0 Å². The van der Waals surface area contributed by atoms with Crippen LogP contribution in [0.2, 0.25) is 0 Å². The van der Waals surface area contributed by atoms with Gasteiger partial charge in [0.15, 0.2) is 0 Å². The van der Waals surface area contributed by atoms with Crippen LogP contribution in [-0.2, 0) is 0 Å². The van der Waals surface area contributed by atoms with Gasteiger partial charge in [-0.25, -0.2) is 0 Å². The maximum atomic E-state index is 7.31. The van der Waals surface area contributed by atoms with Crippen LogP contribution in [0, 0.1) is 0 Å². The molecule has 0 nitrogen and oxygen atoms in total. The first kappa shape index (κ1) is 14.6. The van der Waals surface area contributed by atoms with Gasteiger partial charge in [-0.05, 0) is 27.7 Å². The van der Waals surface area contributed by atoms with Gasteiger partial charge in [-0.15, -0.1) is 11.1 Å². The summed E-state index contributed by atoms with van der Waals surface area (Å²) >= 11 is 10.9. The highest BCUT2D eigenvalue weighted by molar-refractivity contribution is 9.10. The molecule has 0 heterocycles. The van der Waals surface area contributed by atoms with Crippen molar-refractivity contribution >= 4 is 50.0 Å². The van der Waals surface area contributed by atoms with Crippen LogP contribution in [0.4, 0.5) is 0 Å². The second-order valence-electron chi connectivity index (χ2n) is 4.90. The summed E-state index contributed by atoms with van der Waals surface area (Å²) in [7, 11) is -2.47. The van der Waals surface area contributed by atoms with Crippen molar-refractivity contribution < 1.29 is 0 Å². The molecular formula is C18H14BrClSi. The molecule has 3 heteroatoms. The van der Waals surface area contributed by atoms with E-state index in [4.69, 9.17) is 11.1 Å². The molecule has 0 aromatic heterocycles. The van der Waals surface area contributed by atoms with Crippen LogP contribution >= 0.6 is 27.0 Å². The van der Waals surface area contributed by atoms with E-state index in [1.165, 1.54) is 15.6 Å². The number of benzene rings is 3. The molecule has 0 aliphatic heterocycles. The van der Waals surface area contributed by atoms with Crippen molar-refractivity contribution in [2.75, 3.05) is 0 Å². The molecule has 3 aromatic carbocycles. The highest BCUT2D eigenvalue weighted by Crippen LogP contribution is 2.15. The Labute approximate surface area is 139 Å². The first-order chi connectivity index (χ1) is 10.2. The number of hydrogen-bond donors (Lipinski definition) is 0.